The number of allylic oxidation sites excluding steroid dienone is 2. The Labute approximate surface area is 203 Å². The van der Waals surface area contributed by atoms with Crippen LogP contribution in [-0.2, 0) is 33.1 Å². The van der Waals surface area contributed by atoms with Gasteiger partial charge in [0.2, 0.25) is 0 Å². The molecule has 0 spiro atoms. The molecule has 0 saturated heterocycles. The van der Waals surface area contributed by atoms with E-state index in [0.29, 0.717) is 18.4 Å². The second-order valence-corrected chi connectivity index (χ2v) is 8.38. The van der Waals surface area contributed by atoms with Crippen LogP contribution in [0.4, 0.5) is 32.0 Å². The van der Waals surface area contributed by atoms with Crippen molar-refractivity contribution in [1.82, 2.24) is 0 Å². The predicted molar refractivity (Wildman–Crippen MR) is 121 cm³/mol. The van der Waals surface area contributed by atoms with Crippen molar-refractivity contribution >= 4 is 17.8 Å². The highest BCUT2D eigenvalue weighted by Crippen LogP contribution is 2.37. The Hall–Kier alpha value is -3.40. The van der Waals surface area contributed by atoms with Crippen LogP contribution in [0.15, 0.2) is 72.8 Å². The first-order valence-electron chi connectivity index (χ1n) is 10.9. The zero-order chi connectivity index (χ0) is 26.6. The first-order chi connectivity index (χ1) is 16.8. The van der Waals surface area contributed by atoms with Crippen LogP contribution < -0.4 is 4.90 Å². The van der Waals surface area contributed by atoms with E-state index in [1.807, 2.05) is 18.2 Å². The normalized spacial score (nSPS) is 16.1. The van der Waals surface area contributed by atoms with E-state index < -0.39 is 35.1 Å². The Kier molecular flexibility index (Phi) is 8.08. The number of benzene rings is 2. The number of halogens is 6. The van der Waals surface area contributed by atoms with Gasteiger partial charge in [-0.25, -0.2) is 0 Å². The Morgan fingerprint density at radius 3 is 2.00 bits per heavy atom. The van der Waals surface area contributed by atoms with Gasteiger partial charge in [0.25, 0.3) is 0 Å². The van der Waals surface area contributed by atoms with Gasteiger partial charge in [0.05, 0.1) is 17.7 Å². The van der Waals surface area contributed by atoms with E-state index in [9.17, 15) is 35.9 Å². The van der Waals surface area contributed by atoms with E-state index in [4.69, 9.17) is 4.74 Å². The van der Waals surface area contributed by atoms with Crippen molar-refractivity contribution in [3.63, 3.8) is 0 Å². The fourth-order valence-electron chi connectivity index (χ4n) is 3.73. The average molecular weight is 511 g/mol. The molecule has 0 saturated carbocycles. The number of anilines is 1. The largest absolute Gasteiger partial charge is 0.416 e. The van der Waals surface area contributed by atoms with Crippen molar-refractivity contribution in [3.8, 4) is 0 Å². The summed E-state index contributed by atoms with van der Waals surface area (Å²) in [6.45, 7) is -0.186. The predicted octanol–water partition coefficient (Wildman–Crippen LogP) is 6.02. The number of ether oxygens (including phenoxy) is 1. The second kappa shape index (κ2) is 10.7. The molecule has 0 bridgehead atoms. The quantitative estimate of drug-likeness (QED) is 0.235. The first kappa shape index (κ1) is 27.2. The molecule has 4 nitrogen and oxygen atoms in total. The van der Waals surface area contributed by atoms with Crippen molar-refractivity contribution in [1.29, 1.82) is 0 Å². The number of likely N-dealkylation sites (N-methyl/N-ethyl adjacent to an activating group) is 1. The number of hydrogen-bond acceptors (Lipinski definition) is 4. The number of aryl methyl sites for hydroxylation is 1. The number of aldehydes is 1. The molecule has 0 heterocycles. The molecule has 3 rings (SSSR count). The highest BCUT2D eigenvalue weighted by atomic mass is 19.4. The van der Waals surface area contributed by atoms with Crippen molar-refractivity contribution in [3.05, 3.63) is 89.5 Å². The van der Waals surface area contributed by atoms with Crippen molar-refractivity contribution in [2.24, 2.45) is 5.92 Å². The minimum atomic E-state index is -4.95. The third-order valence-electron chi connectivity index (χ3n) is 5.81. The SMILES string of the molecule is CN(c1ccccc1)C1(OCC(C=O)CCc2cc(C(F)(F)F)cc(C(F)(F)F)c2)C=CC(=O)C=C1. The number of hydrogen-bond donors (Lipinski definition) is 0. The molecule has 36 heavy (non-hydrogen) atoms. The minimum absolute atomic E-state index is 0.0421. The van der Waals surface area contributed by atoms with Crippen LogP contribution in [0.3, 0.4) is 0 Å². The molecular formula is C26H23F6NO3. The molecule has 2 aromatic rings. The number of carbonyl (C=O) groups is 2. The molecule has 0 fully saturated rings. The summed E-state index contributed by atoms with van der Waals surface area (Å²) < 4.78 is 84.8. The van der Waals surface area contributed by atoms with Gasteiger partial charge in [0.15, 0.2) is 11.5 Å². The number of nitrogens with zero attached hydrogens (tertiary/aromatic N) is 1. The van der Waals surface area contributed by atoms with Gasteiger partial charge in [-0.1, -0.05) is 18.2 Å². The van der Waals surface area contributed by atoms with Crippen LogP contribution in [0.2, 0.25) is 0 Å². The molecule has 1 atom stereocenters. The van der Waals surface area contributed by atoms with Crippen molar-refractivity contribution < 1.29 is 40.7 Å². The molecule has 1 aliphatic rings. The van der Waals surface area contributed by atoms with E-state index in [1.54, 1.807) is 24.1 Å². The standard InChI is InChI=1S/C26H23F6NO3/c1-33(22-5-3-2-4-6-22)24(11-9-23(35)10-12-24)36-17-19(16-34)8-7-18-13-20(25(27,28)29)15-21(14-18)26(30,31)32/h2-6,9-16,19H,7-8,17H2,1H3. The number of carbonyl (C=O) groups excluding carboxylic acids is 2. The molecule has 0 radical (unpaired) electrons. The van der Waals surface area contributed by atoms with E-state index in [0.717, 1.165) is 5.69 Å². The summed E-state index contributed by atoms with van der Waals surface area (Å²) in [5, 5.41) is 0. The van der Waals surface area contributed by atoms with Gasteiger partial charge in [-0.3, -0.25) is 4.79 Å². The van der Waals surface area contributed by atoms with E-state index in [1.165, 1.54) is 24.3 Å². The molecular weight excluding hydrogens is 488 g/mol. The molecule has 0 amide bonds. The van der Waals surface area contributed by atoms with E-state index >= 15 is 0 Å². The van der Waals surface area contributed by atoms with Crippen molar-refractivity contribution in [2.75, 3.05) is 18.6 Å². The summed E-state index contributed by atoms with van der Waals surface area (Å²) in [6, 6.07) is 10.4. The van der Waals surface area contributed by atoms with Gasteiger partial charge < -0.3 is 14.4 Å². The monoisotopic (exact) mass is 511 g/mol. The summed E-state index contributed by atoms with van der Waals surface area (Å²) in [7, 11) is 1.72. The maximum absolute atomic E-state index is 13.1. The number of rotatable bonds is 9. The maximum Gasteiger partial charge on any atom is 0.416 e. The van der Waals surface area contributed by atoms with Gasteiger partial charge >= 0.3 is 12.4 Å². The Morgan fingerprint density at radius 2 is 1.50 bits per heavy atom. The fraction of sp³-hybridized carbons (Fsp3) is 0.308. The van der Waals surface area contributed by atoms with Crippen LogP contribution in [0.1, 0.15) is 23.1 Å². The molecule has 1 aliphatic carbocycles. The topological polar surface area (TPSA) is 46.6 Å². The molecule has 1 unspecified atom stereocenters. The molecule has 10 heteroatoms. The highest BCUT2D eigenvalue weighted by molar-refractivity contribution is 6.00. The molecule has 0 aromatic heterocycles. The molecule has 2 aromatic carbocycles. The Bertz CT molecular complexity index is 1090. The summed E-state index contributed by atoms with van der Waals surface area (Å²) >= 11 is 0. The van der Waals surface area contributed by atoms with Gasteiger partial charge in [-0.2, -0.15) is 26.3 Å². The lowest BCUT2D eigenvalue weighted by Gasteiger charge is -2.40. The average Bonchev–Trinajstić information content (AvgIpc) is 2.84. The lowest BCUT2D eigenvalue weighted by Crippen LogP contribution is -2.48. The molecule has 0 aliphatic heterocycles. The van der Waals surface area contributed by atoms with Crippen LogP contribution in [-0.4, -0.2) is 31.4 Å². The van der Waals surface area contributed by atoms with Crippen molar-refractivity contribution in [2.45, 2.75) is 30.9 Å². The zero-order valence-corrected chi connectivity index (χ0v) is 19.1. The van der Waals surface area contributed by atoms with Gasteiger partial charge in [-0.05, 0) is 73.0 Å². The maximum atomic E-state index is 13.1. The second-order valence-electron chi connectivity index (χ2n) is 8.38. The summed E-state index contributed by atoms with van der Waals surface area (Å²) in [5.74, 6) is -1.08. The third kappa shape index (κ3) is 6.63. The minimum Gasteiger partial charge on any atom is -0.348 e. The van der Waals surface area contributed by atoms with Crippen LogP contribution in [0.25, 0.3) is 0 Å². The number of ketones is 1. The van der Waals surface area contributed by atoms with Crippen LogP contribution in [0.5, 0.6) is 0 Å². The Balaban J connectivity index is 1.77. The van der Waals surface area contributed by atoms with Gasteiger partial charge in [0, 0.05) is 18.7 Å². The molecule has 0 N–H and O–H groups in total. The number of para-hydroxylation sites is 1. The zero-order valence-electron chi connectivity index (χ0n) is 19.1. The first-order valence-corrected chi connectivity index (χ1v) is 10.9. The lowest BCUT2D eigenvalue weighted by atomic mass is 9.97. The lowest BCUT2D eigenvalue weighted by molar-refractivity contribution is -0.143. The summed E-state index contributed by atoms with van der Waals surface area (Å²) in [4.78, 5) is 25.1. The summed E-state index contributed by atoms with van der Waals surface area (Å²) in [6.07, 6.45) is -3.92. The van der Waals surface area contributed by atoms with Crippen LogP contribution >= 0.6 is 0 Å². The van der Waals surface area contributed by atoms with Gasteiger partial charge in [-0.15, -0.1) is 0 Å². The van der Waals surface area contributed by atoms with Crippen LogP contribution in [0, 0.1) is 5.92 Å². The van der Waals surface area contributed by atoms with E-state index in [-0.39, 0.29) is 36.9 Å². The summed E-state index contributed by atoms with van der Waals surface area (Å²) in [5.41, 5.74) is -3.49. The Morgan fingerprint density at radius 1 is 0.944 bits per heavy atom. The molecule has 192 valence electrons. The highest BCUT2D eigenvalue weighted by Gasteiger charge is 2.37. The third-order valence-corrected chi connectivity index (χ3v) is 5.81. The van der Waals surface area contributed by atoms with Gasteiger partial charge in [0.1, 0.15) is 6.29 Å². The number of alkyl halides is 6. The fourth-order valence-corrected chi connectivity index (χ4v) is 3.73. The smallest absolute Gasteiger partial charge is 0.348 e. The van der Waals surface area contributed by atoms with E-state index in [2.05, 4.69) is 0 Å².